The molecule has 2 heterocycles. The number of nitrogens with zero attached hydrogens (tertiary/aromatic N) is 3. The van der Waals surface area contributed by atoms with Crippen molar-refractivity contribution >= 4 is 57.3 Å². The van der Waals surface area contributed by atoms with Crippen molar-refractivity contribution in [2.75, 3.05) is 5.32 Å². The highest BCUT2D eigenvalue weighted by atomic mass is 35.5. The Morgan fingerprint density at radius 1 is 1.42 bits per heavy atom. The third-order valence-corrected chi connectivity index (χ3v) is 5.16. The van der Waals surface area contributed by atoms with Crippen LogP contribution >= 0.6 is 46.3 Å². The predicted molar refractivity (Wildman–Crippen MR) is 97.9 cm³/mol. The summed E-state index contributed by atoms with van der Waals surface area (Å²) >= 11 is 14.7. The number of rotatable bonds is 5. The predicted octanol–water partition coefficient (Wildman–Crippen LogP) is 4.35. The van der Waals surface area contributed by atoms with Gasteiger partial charge in [-0.15, -0.1) is 16.4 Å². The van der Waals surface area contributed by atoms with E-state index in [0.29, 0.717) is 31.7 Å². The Morgan fingerprint density at radius 3 is 2.96 bits per heavy atom. The van der Waals surface area contributed by atoms with Crippen LogP contribution in [0.25, 0.3) is 11.4 Å². The number of carbonyl (C=O) groups is 1. The van der Waals surface area contributed by atoms with Crippen LogP contribution < -0.4 is 5.32 Å². The van der Waals surface area contributed by atoms with Gasteiger partial charge in [0.1, 0.15) is 0 Å². The van der Waals surface area contributed by atoms with E-state index < -0.39 is 0 Å². The standard InChI is InChI=1S/C14H11Cl2N5OS2/c1-7(12(22)19-13-17-4-5-23-13)24-14-18-11(20-21-14)9-3-2-8(15)6-10(9)16/h2-7H,1H3,(H,17,19,22)(H,18,20,21)/t7-/m1/s1. The summed E-state index contributed by atoms with van der Waals surface area (Å²) in [7, 11) is 0. The lowest BCUT2D eigenvalue weighted by Gasteiger charge is -2.07. The van der Waals surface area contributed by atoms with Crippen molar-refractivity contribution in [2.45, 2.75) is 17.3 Å². The van der Waals surface area contributed by atoms with Crippen molar-refractivity contribution < 1.29 is 4.79 Å². The fraction of sp³-hybridized carbons (Fsp3) is 0.143. The highest BCUT2D eigenvalue weighted by Gasteiger charge is 2.19. The number of aromatic nitrogens is 4. The quantitative estimate of drug-likeness (QED) is 0.622. The van der Waals surface area contributed by atoms with E-state index >= 15 is 0 Å². The number of aromatic amines is 1. The first-order valence-electron chi connectivity index (χ1n) is 6.78. The number of carbonyl (C=O) groups excluding carboxylic acids is 1. The molecule has 1 amide bonds. The number of benzene rings is 1. The number of hydrogen-bond donors (Lipinski definition) is 2. The molecule has 0 aliphatic heterocycles. The van der Waals surface area contributed by atoms with Gasteiger partial charge < -0.3 is 5.32 Å². The zero-order valence-electron chi connectivity index (χ0n) is 12.3. The number of halogens is 2. The highest BCUT2D eigenvalue weighted by Crippen LogP contribution is 2.30. The van der Waals surface area contributed by atoms with Crippen LogP contribution in [0.3, 0.4) is 0 Å². The molecule has 0 aliphatic carbocycles. The van der Waals surface area contributed by atoms with E-state index in [4.69, 9.17) is 23.2 Å². The SMILES string of the molecule is C[C@@H](Sc1n[nH]c(-c2ccc(Cl)cc2Cl)n1)C(=O)Nc1nccs1. The van der Waals surface area contributed by atoms with E-state index in [1.807, 2.05) is 0 Å². The van der Waals surface area contributed by atoms with Gasteiger partial charge in [0.25, 0.3) is 0 Å². The van der Waals surface area contributed by atoms with E-state index in [0.717, 1.165) is 0 Å². The fourth-order valence-corrected chi connectivity index (χ4v) is 3.56. The molecule has 0 unspecified atom stereocenters. The third kappa shape index (κ3) is 4.07. The van der Waals surface area contributed by atoms with E-state index in [2.05, 4.69) is 25.5 Å². The van der Waals surface area contributed by atoms with Crippen molar-refractivity contribution in [3.8, 4) is 11.4 Å². The Balaban J connectivity index is 1.68. The molecule has 3 aromatic rings. The number of hydrogen-bond acceptors (Lipinski definition) is 6. The molecule has 3 rings (SSSR count). The number of nitrogens with one attached hydrogen (secondary N) is 2. The van der Waals surface area contributed by atoms with E-state index in [1.165, 1.54) is 23.1 Å². The number of thioether (sulfide) groups is 1. The molecule has 2 aromatic heterocycles. The van der Waals surface area contributed by atoms with Crippen LogP contribution in [0.1, 0.15) is 6.92 Å². The van der Waals surface area contributed by atoms with Gasteiger partial charge in [0.15, 0.2) is 11.0 Å². The smallest absolute Gasteiger partial charge is 0.239 e. The first-order valence-corrected chi connectivity index (χ1v) is 9.29. The lowest BCUT2D eigenvalue weighted by molar-refractivity contribution is -0.115. The van der Waals surface area contributed by atoms with Crippen molar-refractivity contribution in [2.24, 2.45) is 0 Å². The van der Waals surface area contributed by atoms with Gasteiger partial charge in [-0.05, 0) is 25.1 Å². The Hall–Kier alpha value is -1.61. The van der Waals surface area contributed by atoms with Crippen molar-refractivity contribution in [1.82, 2.24) is 20.2 Å². The van der Waals surface area contributed by atoms with Gasteiger partial charge in [0, 0.05) is 22.2 Å². The summed E-state index contributed by atoms with van der Waals surface area (Å²) in [5.41, 5.74) is 0.695. The van der Waals surface area contributed by atoms with Crippen LogP contribution in [-0.2, 0) is 4.79 Å². The summed E-state index contributed by atoms with van der Waals surface area (Å²) in [5, 5.41) is 13.1. The molecule has 0 aliphatic rings. The van der Waals surface area contributed by atoms with Crippen LogP contribution in [-0.4, -0.2) is 31.3 Å². The summed E-state index contributed by atoms with van der Waals surface area (Å²) in [4.78, 5) is 20.5. The second-order valence-electron chi connectivity index (χ2n) is 4.68. The fourth-order valence-electron chi connectivity index (χ4n) is 1.80. The molecule has 0 fully saturated rings. The molecule has 10 heteroatoms. The molecule has 1 atom stereocenters. The van der Waals surface area contributed by atoms with Gasteiger partial charge >= 0.3 is 0 Å². The monoisotopic (exact) mass is 399 g/mol. The highest BCUT2D eigenvalue weighted by molar-refractivity contribution is 8.00. The summed E-state index contributed by atoms with van der Waals surface area (Å²) in [5.74, 6) is 0.359. The number of amides is 1. The second kappa shape index (κ2) is 7.52. The number of thiazole rings is 1. The lowest BCUT2D eigenvalue weighted by atomic mass is 10.2. The molecule has 124 valence electrons. The molecule has 0 bridgehead atoms. The average molecular weight is 400 g/mol. The number of anilines is 1. The molecule has 0 radical (unpaired) electrons. The van der Waals surface area contributed by atoms with E-state index in [-0.39, 0.29) is 11.2 Å². The van der Waals surface area contributed by atoms with E-state index in [1.54, 1.807) is 36.7 Å². The van der Waals surface area contributed by atoms with Crippen molar-refractivity contribution in [1.29, 1.82) is 0 Å². The molecule has 0 saturated carbocycles. The maximum atomic E-state index is 12.1. The van der Waals surface area contributed by atoms with Crippen molar-refractivity contribution in [3.63, 3.8) is 0 Å². The topological polar surface area (TPSA) is 83.6 Å². The first kappa shape index (κ1) is 17.2. The lowest BCUT2D eigenvalue weighted by Crippen LogP contribution is -2.22. The minimum atomic E-state index is -0.377. The molecule has 6 nitrogen and oxygen atoms in total. The minimum Gasteiger partial charge on any atom is -0.301 e. The Labute approximate surface area is 156 Å². The van der Waals surface area contributed by atoms with Gasteiger partial charge in [0.05, 0.1) is 10.3 Å². The zero-order chi connectivity index (χ0) is 17.1. The summed E-state index contributed by atoms with van der Waals surface area (Å²) in [6, 6.07) is 5.12. The largest absolute Gasteiger partial charge is 0.301 e. The van der Waals surface area contributed by atoms with Gasteiger partial charge in [-0.3, -0.25) is 9.89 Å². The van der Waals surface area contributed by atoms with Gasteiger partial charge in [-0.1, -0.05) is 35.0 Å². The van der Waals surface area contributed by atoms with Gasteiger partial charge in [-0.25, -0.2) is 9.97 Å². The zero-order valence-corrected chi connectivity index (χ0v) is 15.4. The molecule has 24 heavy (non-hydrogen) atoms. The van der Waals surface area contributed by atoms with Gasteiger partial charge in [-0.2, -0.15) is 0 Å². The molecule has 0 spiro atoms. The maximum Gasteiger partial charge on any atom is 0.239 e. The first-order chi connectivity index (χ1) is 11.5. The van der Waals surface area contributed by atoms with Crippen LogP contribution in [0, 0.1) is 0 Å². The molecular formula is C14H11Cl2N5OS2. The normalized spacial score (nSPS) is 12.1. The Bertz CT molecular complexity index is 853. The summed E-state index contributed by atoms with van der Waals surface area (Å²) in [6.45, 7) is 1.78. The number of H-pyrrole nitrogens is 1. The average Bonchev–Trinajstić information content (AvgIpc) is 3.19. The van der Waals surface area contributed by atoms with Crippen molar-refractivity contribution in [3.05, 3.63) is 39.8 Å². The summed E-state index contributed by atoms with van der Waals surface area (Å²) in [6.07, 6.45) is 1.63. The van der Waals surface area contributed by atoms with Crippen LogP contribution in [0.4, 0.5) is 5.13 Å². The Morgan fingerprint density at radius 2 is 2.25 bits per heavy atom. The molecular weight excluding hydrogens is 389 g/mol. The molecule has 1 aromatic carbocycles. The minimum absolute atomic E-state index is 0.161. The molecule has 0 saturated heterocycles. The van der Waals surface area contributed by atoms with Crippen LogP contribution in [0.2, 0.25) is 10.0 Å². The van der Waals surface area contributed by atoms with Gasteiger partial charge in [0.2, 0.25) is 11.1 Å². The maximum absolute atomic E-state index is 12.1. The van der Waals surface area contributed by atoms with Crippen LogP contribution in [0.5, 0.6) is 0 Å². The third-order valence-electron chi connectivity index (χ3n) is 2.97. The molecule has 2 N–H and O–H groups in total. The van der Waals surface area contributed by atoms with E-state index in [9.17, 15) is 4.79 Å². The summed E-state index contributed by atoms with van der Waals surface area (Å²) < 4.78 is 0. The Kier molecular flexibility index (Phi) is 5.40. The van der Waals surface area contributed by atoms with Crippen LogP contribution in [0.15, 0.2) is 34.9 Å². The second-order valence-corrected chi connectivity index (χ2v) is 7.72.